The summed E-state index contributed by atoms with van der Waals surface area (Å²) >= 11 is 0. The zero-order valence-corrected chi connectivity index (χ0v) is 23.5. The van der Waals surface area contributed by atoms with E-state index in [1.54, 1.807) is 24.3 Å². The summed E-state index contributed by atoms with van der Waals surface area (Å²) in [4.78, 5) is 10.8. The molecule has 0 bridgehead atoms. The average Bonchev–Trinajstić information content (AvgIpc) is 3.37. The summed E-state index contributed by atoms with van der Waals surface area (Å²) < 4.78 is 43.9. The Hall–Kier alpha value is -4.28. The number of benzene rings is 3. The maximum atomic E-state index is 14.0. The van der Waals surface area contributed by atoms with Crippen LogP contribution in [-0.2, 0) is 16.6 Å². The molecular weight excluding hydrogens is 539 g/mol. The number of fused-ring (bicyclic) bond motifs is 1. The van der Waals surface area contributed by atoms with Crippen molar-refractivity contribution in [3.8, 4) is 11.3 Å². The number of aromatic nitrogens is 3. The molecule has 0 spiro atoms. The Balaban J connectivity index is 1.14. The molecule has 2 N–H and O–H groups in total. The quantitative estimate of drug-likeness (QED) is 0.233. The lowest BCUT2D eigenvalue weighted by atomic mass is 9.97. The molecule has 2 aromatic heterocycles. The fourth-order valence-electron chi connectivity index (χ4n) is 5.27. The zero-order chi connectivity index (χ0) is 28.4. The number of piperidine rings is 1. The van der Waals surface area contributed by atoms with Crippen LogP contribution in [0, 0.1) is 11.7 Å². The van der Waals surface area contributed by atoms with Crippen molar-refractivity contribution in [2.75, 3.05) is 30.2 Å². The van der Waals surface area contributed by atoms with Gasteiger partial charge in [0.05, 0.1) is 5.69 Å². The summed E-state index contributed by atoms with van der Waals surface area (Å²) in [6, 6.07) is 22.4. The minimum absolute atomic E-state index is 0.318. The van der Waals surface area contributed by atoms with Gasteiger partial charge in [0.25, 0.3) is 10.0 Å². The fraction of sp³-hybridized carbons (Fsp3) is 0.226. The van der Waals surface area contributed by atoms with Gasteiger partial charge < -0.3 is 14.8 Å². The van der Waals surface area contributed by atoms with Crippen LogP contribution in [-0.4, -0.2) is 48.0 Å². The summed E-state index contributed by atoms with van der Waals surface area (Å²) in [6.07, 6.45) is 6.16. The molecule has 3 aromatic carbocycles. The lowest BCUT2D eigenvalue weighted by Gasteiger charge is -2.29. The predicted octanol–water partition coefficient (Wildman–Crippen LogP) is 6.12. The van der Waals surface area contributed by atoms with Gasteiger partial charge in [0.2, 0.25) is 0 Å². The molecule has 0 saturated carbocycles. The van der Waals surface area contributed by atoms with Gasteiger partial charge >= 0.3 is 0 Å². The molecule has 0 radical (unpaired) electrons. The van der Waals surface area contributed by atoms with Crippen molar-refractivity contribution < 1.29 is 12.8 Å². The van der Waals surface area contributed by atoms with Crippen molar-refractivity contribution >= 4 is 38.1 Å². The lowest BCUT2D eigenvalue weighted by Crippen LogP contribution is -2.31. The van der Waals surface area contributed by atoms with E-state index < -0.39 is 20.7 Å². The van der Waals surface area contributed by atoms with Gasteiger partial charge in [0.15, 0.2) is 0 Å². The van der Waals surface area contributed by atoms with Gasteiger partial charge in [-0.2, -0.15) is 0 Å². The standard InChI is InChI=1S/C31H31FN6O2S/c1-37-15-12-22(13-16-37)20-38-17-14-24-18-23(6-11-29(24)38)28-19-31(34-21-33-28)35-25-7-9-26(10-8-25)36-41(39,40)30-5-3-2-4-27(30)32/h2-11,14,17-19,21-22,36H,12-13,15-16,20H2,1H3,(H,33,34,35). The smallest absolute Gasteiger partial charge is 0.264 e. The Morgan fingerprint density at radius 1 is 0.927 bits per heavy atom. The molecule has 210 valence electrons. The van der Waals surface area contributed by atoms with Gasteiger partial charge in [0, 0.05) is 46.6 Å². The highest BCUT2D eigenvalue weighted by atomic mass is 32.2. The zero-order valence-electron chi connectivity index (χ0n) is 22.7. The molecule has 10 heteroatoms. The van der Waals surface area contributed by atoms with Crippen LogP contribution >= 0.6 is 0 Å². The second kappa shape index (κ2) is 11.3. The number of rotatable bonds is 8. The molecule has 6 rings (SSSR count). The van der Waals surface area contributed by atoms with Crippen LogP contribution in [0.15, 0.2) is 96.3 Å². The summed E-state index contributed by atoms with van der Waals surface area (Å²) in [5, 5.41) is 4.42. The van der Waals surface area contributed by atoms with E-state index in [2.05, 4.69) is 67.0 Å². The SMILES string of the molecule is CN1CCC(Cn2ccc3cc(-c4cc(Nc5ccc(NS(=O)(=O)c6ccccc6F)cc5)ncn4)ccc32)CC1. The van der Waals surface area contributed by atoms with E-state index in [0.717, 1.165) is 37.0 Å². The van der Waals surface area contributed by atoms with Crippen LogP contribution in [0.4, 0.5) is 21.6 Å². The molecule has 1 aliphatic heterocycles. The summed E-state index contributed by atoms with van der Waals surface area (Å²) in [5.74, 6) is 0.509. The number of hydrogen-bond acceptors (Lipinski definition) is 6. The average molecular weight is 571 g/mol. The van der Waals surface area contributed by atoms with Crippen molar-refractivity contribution in [2.24, 2.45) is 5.92 Å². The first-order chi connectivity index (χ1) is 19.8. The van der Waals surface area contributed by atoms with Gasteiger partial charge in [-0.1, -0.05) is 18.2 Å². The Labute approximate surface area is 238 Å². The molecular formula is C31H31FN6O2S. The maximum Gasteiger partial charge on any atom is 0.264 e. The summed E-state index contributed by atoms with van der Waals surface area (Å²) in [7, 11) is -1.85. The maximum absolute atomic E-state index is 14.0. The van der Waals surface area contributed by atoms with Crippen molar-refractivity contribution in [3.63, 3.8) is 0 Å². The third-order valence-electron chi connectivity index (χ3n) is 7.56. The fourth-order valence-corrected chi connectivity index (χ4v) is 6.41. The third-order valence-corrected chi connectivity index (χ3v) is 8.98. The second-order valence-corrected chi connectivity index (χ2v) is 12.2. The molecule has 41 heavy (non-hydrogen) atoms. The number of nitrogens with one attached hydrogen (secondary N) is 2. The summed E-state index contributed by atoms with van der Waals surface area (Å²) in [5.41, 5.74) is 4.05. The van der Waals surface area contributed by atoms with E-state index in [4.69, 9.17) is 0 Å². The number of sulfonamides is 1. The second-order valence-electron chi connectivity index (χ2n) is 10.5. The Morgan fingerprint density at radius 3 is 2.46 bits per heavy atom. The monoisotopic (exact) mass is 570 g/mol. The van der Waals surface area contributed by atoms with E-state index in [-0.39, 0.29) is 0 Å². The molecule has 0 unspecified atom stereocenters. The highest BCUT2D eigenvalue weighted by Crippen LogP contribution is 2.28. The topological polar surface area (TPSA) is 92.2 Å². The molecule has 0 atom stereocenters. The number of hydrogen-bond donors (Lipinski definition) is 2. The molecule has 0 aliphatic carbocycles. The van der Waals surface area contributed by atoms with Crippen LogP contribution in [0.3, 0.4) is 0 Å². The first-order valence-electron chi connectivity index (χ1n) is 13.6. The van der Waals surface area contributed by atoms with Crippen molar-refractivity contribution in [1.82, 2.24) is 19.4 Å². The molecule has 8 nitrogen and oxygen atoms in total. The third kappa shape index (κ3) is 6.08. The van der Waals surface area contributed by atoms with Crippen LogP contribution in [0.2, 0.25) is 0 Å². The normalized spacial score (nSPS) is 14.8. The first-order valence-corrected chi connectivity index (χ1v) is 15.1. The Bertz CT molecular complexity index is 1780. The number of halogens is 1. The molecule has 5 aromatic rings. The van der Waals surface area contributed by atoms with Crippen LogP contribution in [0.5, 0.6) is 0 Å². The van der Waals surface area contributed by atoms with Crippen LogP contribution < -0.4 is 10.0 Å². The van der Waals surface area contributed by atoms with E-state index in [0.29, 0.717) is 23.1 Å². The first kappa shape index (κ1) is 26.9. The summed E-state index contributed by atoms with van der Waals surface area (Å²) in [6.45, 7) is 3.37. The molecule has 1 aliphatic rings. The largest absolute Gasteiger partial charge is 0.347 e. The van der Waals surface area contributed by atoms with Gasteiger partial charge in [-0.3, -0.25) is 4.72 Å². The van der Waals surface area contributed by atoms with Gasteiger partial charge in [-0.25, -0.2) is 22.8 Å². The van der Waals surface area contributed by atoms with E-state index in [9.17, 15) is 12.8 Å². The molecule has 1 fully saturated rings. The highest BCUT2D eigenvalue weighted by Gasteiger charge is 2.19. The molecule has 0 amide bonds. The number of nitrogens with zero attached hydrogens (tertiary/aromatic N) is 4. The lowest BCUT2D eigenvalue weighted by molar-refractivity contribution is 0.206. The minimum Gasteiger partial charge on any atom is -0.347 e. The predicted molar refractivity (Wildman–Crippen MR) is 160 cm³/mol. The van der Waals surface area contributed by atoms with Crippen molar-refractivity contribution in [3.05, 3.63) is 97.2 Å². The van der Waals surface area contributed by atoms with E-state index >= 15 is 0 Å². The van der Waals surface area contributed by atoms with Gasteiger partial charge in [-0.15, -0.1) is 0 Å². The molecule has 1 saturated heterocycles. The minimum atomic E-state index is -4.05. The molecule has 3 heterocycles. The van der Waals surface area contributed by atoms with E-state index in [1.165, 1.54) is 48.3 Å². The van der Waals surface area contributed by atoms with Crippen molar-refractivity contribution in [2.45, 2.75) is 24.3 Å². The van der Waals surface area contributed by atoms with Crippen LogP contribution in [0.1, 0.15) is 12.8 Å². The number of anilines is 3. The van der Waals surface area contributed by atoms with Gasteiger partial charge in [-0.05, 0) is 93.5 Å². The highest BCUT2D eigenvalue weighted by molar-refractivity contribution is 7.92. The Morgan fingerprint density at radius 2 is 1.68 bits per heavy atom. The Kier molecular flexibility index (Phi) is 7.42. The van der Waals surface area contributed by atoms with Crippen molar-refractivity contribution in [1.29, 1.82) is 0 Å². The van der Waals surface area contributed by atoms with Gasteiger partial charge in [0.1, 0.15) is 22.9 Å². The van der Waals surface area contributed by atoms with Crippen LogP contribution in [0.25, 0.3) is 22.2 Å². The van der Waals surface area contributed by atoms with E-state index in [1.807, 2.05) is 6.07 Å². The number of likely N-dealkylation sites (tertiary alicyclic amines) is 1.